The maximum absolute atomic E-state index is 12.4. The Kier molecular flexibility index (Phi) is 4.07. The molecule has 0 heterocycles. The second-order valence-electron chi connectivity index (χ2n) is 6.41. The van der Waals surface area contributed by atoms with Crippen molar-refractivity contribution in [2.45, 2.75) is 25.8 Å². The molecule has 6 nitrogen and oxygen atoms in total. The highest BCUT2D eigenvalue weighted by molar-refractivity contribution is 5.86. The lowest BCUT2D eigenvalue weighted by atomic mass is 9.78. The Balaban J connectivity index is 1.63. The van der Waals surface area contributed by atoms with E-state index >= 15 is 0 Å². The summed E-state index contributed by atoms with van der Waals surface area (Å²) in [5.74, 6) is -3.65. The molecule has 0 saturated heterocycles. The zero-order valence-electron chi connectivity index (χ0n) is 12.5. The van der Waals surface area contributed by atoms with E-state index in [-0.39, 0.29) is 29.9 Å². The molecule has 0 radical (unpaired) electrons. The molecule has 6 heteroatoms. The van der Waals surface area contributed by atoms with Crippen LogP contribution in [0.3, 0.4) is 0 Å². The Hall–Kier alpha value is -2.37. The average Bonchev–Trinajstić information content (AvgIpc) is 3.13. The summed E-state index contributed by atoms with van der Waals surface area (Å²) in [6, 6.07) is 6.03. The van der Waals surface area contributed by atoms with Crippen LogP contribution < -0.4 is 15.5 Å². The van der Waals surface area contributed by atoms with E-state index in [9.17, 15) is 24.6 Å². The summed E-state index contributed by atoms with van der Waals surface area (Å²) < 4.78 is 0. The number of carboxylic acids is 2. The van der Waals surface area contributed by atoms with Gasteiger partial charge in [-0.3, -0.25) is 4.79 Å². The van der Waals surface area contributed by atoms with E-state index in [0.717, 1.165) is 24.8 Å². The van der Waals surface area contributed by atoms with E-state index < -0.39 is 23.8 Å². The Bertz CT molecular complexity index is 639. The number of carboxylic acid groups (broad SMARTS) is 2. The lowest BCUT2D eigenvalue weighted by Gasteiger charge is -2.30. The van der Waals surface area contributed by atoms with Crippen LogP contribution in [-0.4, -0.2) is 17.8 Å². The molecule has 1 aromatic carbocycles. The number of benzene rings is 1. The number of aromatic carboxylic acids is 1. The summed E-state index contributed by atoms with van der Waals surface area (Å²) >= 11 is 0. The minimum absolute atomic E-state index is 0.0584. The molecule has 2 bridgehead atoms. The number of amides is 1. The second kappa shape index (κ2) is 6.02. The van der Waals surface area contributed by atoms with Crippen LogP contribution >= 0.6 is 0 Å². The molecule has 2 aliphatic rings. The topological polar surface area (TPSA) is 109 Å². The third-order valence-electron chi connectivity index (χ3n) is 5.15. The van der Waals surface area contributed by atoms with Crippen LogP contribution in [-0.2, 0) is 16.1 Å². The van der Waals surface area contributed by atoms with Gasteiger partial charge in [-0.05, 0) is 42.2 Å². The molecule has 1 amide bonds. The van der Waals surface area contributed by atoms with Gasteiger partial charge in [0.15, 0.2) is 0 Å². The second-order valence-corrected chi connectivity index (χ2v) is 6.41. The van der Waals surface area contributed by atoms with Crippen molar-refractivity contribution in [3.8, 4) is 0 Å². The fraction of sp³-hybridized carbons (Fsp3) is 0.471. The molecule has 122 valence electrons. The highest BCUT2D eigenvalue weighted by Gasteiger charge is 2.51. The van der Waals surface area contributed by atoms with Gasteiger partial charge in [-0.25, -0.2) is 0 Å². The van der Waals surface area contributed by atoms with Crippen LogP contribution in [0.2, 0.25) is 0 Å². The molecule has 3 rings (SSSR count). The van der Waals surface area contributed by atoms with Crippen LogP contribution in [0, 0.1) is 23.7 Å². The van der Waals surface area contributed by atoms with Crippen molar-refractivity contribution in [3.05, 3.63) is 35.4 Å². The molecule has 2 saturated carbocycles. The Morgan fingerprint density at radius 1 is 1.00 bits per heavy atom. The maximum Gasteiger partial charge on any atom is 0.224 e. The predicted molar refractivity (Wildman–Crippen MR) is 75.4 cm³/mol. The third kappa shape index (κ3) is 2.93. The Morgan fingerprint density at radius 3 is 2.17 bits per heavy atom. The quantitative estimate of drug-likeness (QED) is 0.755. The van der Waals surface area contributed by atoms with Gasteiger partial charge in [-0.1, -0.05) is 24.3 Å². The third-order valence-corrected chi connectivity index (χ3v) is 5.15. The smallest absolute Gasteiger partial charge is 0.224 e. The summed E-state index contributed by atoms with van der Waals surface area (Å²) in [5, 5.41) is 24.8. The summed E-state index contributed by atoms with van der Waals surface area (Å²) in [6.45, 7) is 0.236. The number of carbonyl (C=O) groups excluding carboxylic acids is 3. The van der Waals surface area contributed by atoms with E-state index in [1.807, 2.05) is 0 Å². The van der Waals surface area contributed by atoms with Gasteiger partial charge in [0.05, 0.1) is 5.97 Å². The average molecular weight is 315 g/mol. The van der Waals surface area contributed by atoms with E-state index in [2.05, 4.69) is 5.32 Å². The monoisotopic (exact) mass is 315 g/mol. The molecule has 0 unspecified atom stereocenters. The zero-order chi connectivity index (χ0) is 16.6. The van der Waals surface area contributed by atoms with Gasteiger partial charge in [0, 0.05) is 24.3 Å². The SMILES string of the molecule is O=C([O-])c1ccc(CNC(=O)[C@H]2[C@H]3CC[C@@H](C3)[C@@H]2C(=O)[O-])cc1. The summed E-state index contributed by atoms with van der Waals surface area (Å²) in [5.41, 5.74) is 0.821. The van der Waals surface area contributed by atoms with E-state index in [1.54, 1.807) is 12.1 Å². The number of carbonyl (C=O) groups is 3. The number of aliphatic carboxylic acids is 1. The first kappa shape index (κ1) is 15.5. The molecule has 0 aliphatic heterocycles. The highest BCUT2D eigenvalue weighted by Crippen LogP contribution is 2.52. The molecular weight excluding hydrogens is 298 g/mol. The van der Waals surface area contributed by atoms with Crippen molar-refractivity contribution in [3.63, 3.8) is 0 Å². The number of hydrogen-bond acceptors (Lipinski definition) is 5. The van der Waals surface area contributed by atoms with Crippen LogP contribution in [0.15, 0.2) is 24.3 Å². The van der Waals surface area contributed by atoms with Gasteiger partial charge in [0.2, 0.25) is 5.91 Å². The minimum Gasteiger partial charge on any atom is -0.550 e. The van der Waals surface area contributed by atoms with Crippen molar-refractivity contribution in [1.82, 2.24) is 5.32 Å². The molecule has 2 aliphatic carbocycles. The van der Waals surface area contributed by atoms with Crippen LogP contribution in [0.25, 0.3) is 0 Å². The molecular formula is C17H17NO5-2. The standard InChI is InChI=1S/C17H19NO5/c19-15(13-11-5-6-12(7-11)14(13)17(22)23)18-8-9-1-3-10(4-2-9)16(20)21/h1-4,11-14H,5-8H2,(H,18,19)(H,20,21)(H,22,23)/p-2/t11-,12-,13-,14-/m0/s1. The first-order valence-corrected chi connectivity index (χ1v) is 7.76. The highest BCUT2D eigenvalue weighted by atomic mass is 16.4. The number of rotatable bonds is 5. The fourth-order valence-corrected chi connectivity index (χ4v) is 4.07. The molecule has 0 aromatic heterocycles. The van der Waals surface area contributed by atoms with Crippen molar-refractivity contribution in [2.24, 2.45) is 23.7 Å². The van der Waals surface area contributed by atoms with Crippen molar-refractivity contribution >= 4 is 17.8 Å². The molecule has 4 atom stereocenters. The van der Waals surface area contributed by atoms with E-state index in [4.69, 9.17) is 0 Å². The molecule has 2 fully saturated rings. The van der Waals surface area contributed by atoms with Gasteiger partial charge in [-0.2, -0.15) is 0 Å². The number of fused-ring (bicyclic) bond motifs is 2. The summed E-state index contributed by atoms with van der Waals surface area (Å²) in [7, 11) is 0. The lowest BCUT2D eigenvalue weighted by Crippen LogP contribution is -2.45. The maximum atomic E-state index is 12.4. The molecule has 1 N–H and O–H groups in total. The van der Waals surface area contributed by atoms with Gasteiger partial charge in [0.25, 0.3) is 0 Å². The van der Waals surface area contributed by atoms with Gasteiger partial charge < -0.3 is 25.1 Å². The Morgan fingerprint density at radius 2 is 1.61 bits per heavy atom. The first-order valence-electron chi connectivity index (χ1n) is 7.76. The van der Waals surface area contributed by atoms with Crippen LogP contribution in [0.4, 0.5) is 0 Å². The number of nitrogens with one attached hydrogen (secondary N) is 1. The molecule has 23 heavy (non-hydrogen) atoms. The van der Waals surface area contributed by atoms with E-state index in [1.165, 1.54) is 12.1 Å². The number of hydrogen-bond donors (Lipinski definition) is 1. The summed E-state index contributed by atoms with van der Waals surface area (Å²) in [4.78, 5) is 34.4. The Labute approximate surface area is 133 Å². The van der Waals surface area contributed by atoms with Crippen molar-refractivity contribution < 1.29 is 24.6 Å². The van der Waals surface area contributed by atoms with Crippen molar-refractivity contribution in [2.75, 3.05) is 0 Å². The molecule has 1 aromatic rings. The minimum atomic E-state index is -1.25. The van der Waals surface area contributed by atoms with Crippen molar-refractivity contribution in [1.29, 1.82) is 0 Å². The van der Waals surface area contributed by atoms with Gasteiger partial charge in [-0.15, -0.1) is 0 Å². The van der Waals surface area contributed by atoms with Gasteiger partial charge >= 0.3 is 0 Å². The first-order chi connectivity index (χ1) is 11.0. The largest absolute Gasteiger partial charge is 0.550 e. The van der Waals surface area contributed by atoms with Crippen LogP contribution in [0.5, 0.6) is 0 Å². The zero-order valence-corrected chi connectivity index (χ0v) is 12.5. The van der Waals surface area contributed by atoms with E-state index in [0.29, 0.717) is 0 Å². The lowest BCUT2D eigenvalue weighted by molar-refractivity contribution is -0.314. The predicted octanol–water partition coefficient (Wildman–Crippen LogP) is -0.921. The molecule has 0 spiro atoms. The summed E-state index contributed by atoms with van der Waals surface area (Å²) in [6.07, 6.45) is 2.54. The fourth-order valence-electron chi connectivity index (χ4n) is 4.07. The van der Waals surface area contributed by atoms with Gasteiger partial charge in [0.1, 0.15) is 0 Å². The normalized spacial score (nSPS) is 28.5. The van der Waals surface area contributed by atoms with Crippen LogP contribution in [0.1, 0.15) is 35.2 Å².